The van der Waals surface area contributed by atoms with Gasteiger partial charge in [0, 0.05) is 61.8 Å². The Morgan fingerprint density at radius 2 is 0.580 bits per heavy atom. The highest BCUT2D eigenvalue weighted by molar-refractivity contribution is 6.12. The van der Waals surface area contributed by atoms with Crippen molar-refractivity contribution in [1.29, 1.82) is 0 Å². The van der Waals surface area contributed by atoms with Crippen LogP contribution in [0.4, 0.5) is 52.7 Å². The Labute approximate surface area is 500 Å². The Morgan fingerprint density at radius 1 is 0.284 bits per heavy atom. The van der Waals surface area contributed by atoms with Gasteiger partial charge in [-0.2, -0.15) is 52.7 Å². The molecular weight excluding hydrogens is 1150 g/mol. The third kappa shape index (κ3) is 11.4. The molecule has 11 aromatic rings. The predicted octanol–water partition coefficient (Wildman–Crippen LogP) is 21.4. The average molecular weight is 1210 g/mol. The van der Waals surface area contributed by atoms with E-state index in [1.165, 1.54) is 27.6 Å². The summed E-state index contributed by atoms with van der Waals surface area (Å²) in [7, 11) is 0. The molecule has 4 aromatic heterocycles. The zero-order chi connectivity index (χ0) is 64.0. The number of halogens is 12. The fraction of sp³-hybridized carbons (Fsp3) is 0.286. The molecule has 0 amide bonds. The van der Waals surface area contributed by atoms with Gasteiger partial charge >= 0.3 is 24.7 Å². The SMILES string of the molecule is CC(C)(C)c1cc(-c2nc(-c3cc(C(C)(C)C)cc(C(C)(C)C)c3)nc(-c3ccc(-n4c5ccc(C(F)(F)F)cc5c5cc(C(F)(F)F)ccc54)c(-c4cnccc4-n4c5ccc(C(F)(F)F)cc5c5cc(C(F)(F)F)ccc54)c3)n2)cc(C(C)(C)C)c1. The maximum atomic E-state index is 14.6. The van der Waals surface area contributed by atoms with Crippen LogP contribution in [0.25, 0.3) is 100 Å². The van der Waals surface area contributed by atoms with Gasteiger partial charge in [0.2, 0.25) is 0 Å². The van der Waals surface area contributed by atoms with Crippen LogP contribution in [-0.2, 0) is 46.4 Å². The van der Waals surface area contributed by atoms with Gasteiger partial charge in [-0.15, -0.1) is 0 Å². The number of pyridine rings is 1. The van der Waals surface area contributed by atoms with E-state index >= 15 is 0 Å². The van der Waals surface area contributed by atoms with E-state index in [2.05, 4.69) is 100 Å². The maximum Gasteiger partial charge on any atom is 0.416 e. The topological polar surface area (TPSA) is 61.4 Å². The first-order valence-corrected chi connectivity index (χ1v) is 28.3. The van der Waals surface area contributed by atoms with E-state index in [1.807, 2.05) is 24.3 Å². The second-order valence-electron chi connectivity index (χ2n) is 26.6. The molecule has 0 saturated carbocycles. The summed E-state index contributed by atoms with van der Waals surface area (Å²) in [5, 5.41) is -0.688. The summed E-state index contributed by atoms with van der Waals surface area (Å²) >= 11 is 0. The van der Waals surface area contributed by atoms with Gasteiger partial charge < -0.3 is 9.13 Å². The highest BCUT2D eigenvalue weighted by atomic mass is 19.4. The number of rotatable bonds is 6. The summed E-state index contributed by atoms with van der Waals surface area (Å²) in [6.07, 6.45) is -16.8. The average Bonchev–Trinajstić information content (AvgIpc) is 1.65. The summed E-state index contributed by atoms with van der Waals surface area (Å²) in [5.41, 5.74) is 0.835. The molecule has 18 heteroatoms. The van der Waals surface area contributed by atoms with Crippen molar-refractivity contribution in [2.75, 3.05) is 0 Å². The number of hydrogen-bond acceptors (Lipinski definition) is 4. The zero-order valence-corrected chi connectivity index (χ0v) is 50.1. The summed E-state index contributed by atoms with van der Waals surface area (Å²) in [4.78, 5) is 20.3. The molecule has 0 N–H and O–H groups in total. The molecular formula is C70H60F12N6. The van der Waals surface area contributed by atoms with Gasteiger partial charge in [0.25, 0.3) is 0 Å². The van der Waals surface area contributed by atoms with Crippen molar-refractivity contribution < 1.29 is 52.7 Å². The number of hydrogen-bond donors (Lipinski definition) is 0. The molecule has 0 aliphatic rings. The van der Waals surface area contributed by atoms with Crippen molar-refractivity contribution in [1.82, 2.24) is 29.1 Å². The molecule has 0 fully saturated rings. The Kier molecular flexibility index (Phi) is 14.3. The molecule has 0 radical (unpaired) electrons. The van der Waals surface area contributed by atoms with E-state index in [4.69, 9.17) is 15.0 Å². The Hall–Kier alpha value is -8.54. The van der Waals surface area contributed by atoms with E-state index in [9.17, 15) is 52.7 Å². The standard InChI is InChI=1S/C70H60F12N6/c1-63(2,3)44-25-38(26-45(30-44)64(4,5)6)61-84-60(85-62(86-61)39-27-46(65(7,8)9)31-47(28-39)66(10,11)12)37-13-18-54(87-55-19-14-40(67(71,72)73)32-49(55)50-33-41(68(74,75)76)15-20-56(50)87)48(29-37)53-36-83-24-23-59(53)88-57-21-16-42(69(77,78)79)34-51(57)52-35-43(70(80,81)82)17-22-58(52)88/h13-36H,1-12H3. The molecule has 11 rings (SSSR count). The molecule has 7 aromatic carbocycles. The third-order valence-electron chi connectivity index (χ3n) is 16.1. The fourth-order valence-electron chi connectivity index (χ4n) is 11.2. The van der Waals surface area contributed by atoms with Crippen LogP contribution in [0, 0.1) is 0 Å². The molecule has 0 unspecified atom stereocenters. The molecule has 0 bridgehead atoms. The zero-order valence-electron chi connectivity index (χ0n) is 50.1. The highest BCUT2D eigenvalue weighted by Crippen LogP contribution is 2.47. The maximum absolute atomic E-state index is 14.6. The minimum Gasteiger partial charge on any atom is -0.309 e. The van der Waals surface area contributed by atoms with Crippen LogP contribution in [0.2, 0.25) is 0 Å². The number of aromatic nitrogens is 6. The van der Waals surface area contributed by atoms with Gasteiger partial charge in [0.1, 0.15) is 0 Å². The van der Waals surface area contributed by atoms with Crippen molar-refractivity contribution in [2.45, 2.75) is 129 Å². The minimum absolute atomic E-state index is 0.0597. The molecule has 0 saturated heterocycles. The van der Waals surface area contributed by atoms with Crippen LogP contribution in [0.1, 0.15) is 128 Å². The van der Waals surface area contributed by atoms with Gasteiger partial charge in [-0.1, -0.05) is 95.2 Å². The van der Waals surface area contributed by atoms with Gasteiger partial charge in [-0.05, 0) is 165 Å². The van der Waals surface area contributed by atoms with Crippen molar-refractivity contribution in [3.63, 3.8) is 0 Å². The van der Waals surface area contributed by atoms with Crippen molar-refractivity contribution in [3.05, 3.63) is 190 Å². The largest absolute Gasteiger partial charge is 0.416 e. The van der Waals surface area contributed by atoms with E-state index in [-0.39, 0.29) is 93.6 Å². The second kappa shape index (κ2) is 20.5. The molecule has 4 heterocycles. The predicted molar refractivity (Wildman–Crippen MR) is 323 cm³/mol. The third-order valence-corrected chi connectivity index (χ3v) is 16.1. The molecule has 0 atom stereocenters. The summed E-state index contributed by atoms with van der Waals surface area (Å²) in [5.74, 6) is 0.735. The molecule has 0 aliphatic heterocycles. The molecule has 0 spiro atoms. The van der Waals surface area contributed by atoms with Crippen molar-refractivity contribution in [3.8, 4) is 56.7 Å². The van der Waals surface area contributed by atoms with Crippen molar-refractivity contribution in [2.24, 2.45) is 0 Å². The number of benzene rings is 7. The lowest BCUT2D eigenvalue weighted by Crippen LogP contribution is -2.17. The first-order chi connectivity index (χ1) is 40.6. The Balaban J connectivity index is 1.28. The quantitative estimate of drug-likeness (QED) is 0.156. The lowest BCUT2D eigenvalue weighted by Gasteiger charge is -2.26. The van der Waals surface area contributed by atoms with Gasteiger partial charge in [0.15, 0.2) is 17.5 Å². The normalized spacial score (nSPS) is 13.5. The fourth-order valence-corrected chi connectivity index (χ4v) is 11.2. The van der Waals surface area contributed by atoms with Crippen LogP contribution in [0.3, 0.4) is 0 Å². The van der Waals surface area contributed by atoms with E-state index in [0.717, 1.165) is 95.1 Å². The molecule has 0 aliphatic carbocycles. The molecule has 454 valence electrons. The van der Waals surface area contributed by atoms with Crippen LogP contribution in [0.15, 0.2) is 146 Å². The summed E-state index contributed by atoms with van der Waals surface area (Å²) < 4.78 is 178. The minimum atomic E-state index is -4.90. The van der Waals surface area contributed by atoms with Crippen LogP contribution in [0.5, 0.6) is 0 Å². The van der Waals surface area contributed by atoms with Gasteiger partial charge in [-0.3, -0.25) is 4.98 Å². The number of fused-ring (bicyclic) bond motifs is 6. The lowest BCUT2D eigenvalue weighted by atomic mass is 9.79. The first kappa shape index (κ1) is 61.1. The van der Waals surface area contributed by atoms with Crippen molar-refractivity contribution >= 4 is 43.6 Å². The van der Waals surface area contributed by atoms with Gasteiger partial charge in [-0.25, -0.2) is 15.0 Å². The monoisotopic (exact) mass is 1210 g/mol. The Morgan fingerprint density at radius 3 is 0.875 bits per heavy atom. The highest BCUT2D eigenvalue weighted by Gasteiger charge is 2.37. The molecule has 6 nitrogen and oxygen atoms in total. The van der Waals surface area contributed by atoms with Crippen LogP contribution < -0.4 is 0 Å². The van der Waals surface area contributed by atoms with Gasteiger partial charge in [0.05, 0.1) is 55.7 Å². The second-order valence-corrected chi connectivity index (χ2v) is 26.6. The lowest BCUT2D eigenvalue weighted by molar-refractivity contribution is -0.138. The summed E-state index contributed by atoms with van der Waals surface area (Å²) in [6.45, 7) is 25.2. The van der Waals surface area contributed by atoms with E-state index in [0.29, 0.717) is 28.3 Å². The number of nitrogens with zero attached hydrogens (tertiary/aromatic N) is 6. The smallest absolute Gasteiger partial charge is 0.309 e. The summed E-state index contributed by atoms with van der Waals surface area (Å²) in [6, 6.07) is 30.0. The van der Waals surface area contributed by atoms with Crippen LogP contribution in [-0.4, -0.2) is 29.1 Å². The van der Waals surface area contributed by atoms with E-state index in [1.54, 1.807) is 18.2 Å². The number of alkyl halides is 12. The molecule has 88 heavy (non-hydrogen) atoms. The Bertz CT molecular complexity index is 4300. The van der Waals surface area contributed by atoms with Crippen LogP contribution >= 0.6 is 0 Å². The van der Waals surface area contributed by atoms with E-state index < -0.39 is 47.0 Å². The first-order valence-electron chi connectivity index (χ1n) is 28.3.